The second-order valence-corrected chi connectivity index (χ2v) is 3.54. The fraction of sp³-hybridized carbons (Fsp3) is 1.00. The lowest BCUT2D eigenvalue weighted by Crippen LogP contribution is -2.67. The van der Waals surface area contributed by atoms with E-state index in [2.05, 4.69) is 5.32 Å². The van der Waals surface area contributed by atoms with Gasteiger partial charge in [0.25, 0.3) is 0 Å². The van der Waals surface area contributed by atoms with Crippen LogP contribution in [-0.4, -0.2) is 68.6 Å². The smallest absolute Gasteiger partial charge is 0.111 e. The van der Waals surface area contributed by atoms with Crippen molar-refractivity contribution in [3.05, 3.63) is 0 Å². The fourth-order valence-electron chi connectivity index (χ4n) is 1.71. The van der Waals surface area contributed by atoms with Crippen LogP contribution in [0.25, 0.3) is 0 Å². The Balaban J connectivity index is 2.75. The molecule has 0 spiro atoms. The fourth-order valence-corrected chi connectivity index (χ4v) is 1.71. The Morgan fingerprint density at radius 3 is 1.50 bits per heavy atom. The van der Waals surface area contributed by atoms with Gasteiger partial charge >= 0.3 is 0 Å². The van der Waals surface area contributed by atoms with Crippen molar-refractivity contribution in [2.45, 2.75) is 43.5 Å². The van der Waals surface area contributed by atoms with Crippen LogP contribution in [0.5, 0.6) is 0 Å². The molecule has 0 heterocycles. The number of hydrogen-bond acceptors (Lipinski definition) is 6. The zero-order valence-electron chi connectivity index (χ0n) is 7.91. The van der Waals surface area contributed by atoms with Crippen LogP contribution in [0.3, 0.4) is 0 Å². The molecule has 0 aromatic rings. The van der Waals surface area contributed by atoms with Gasteiger partial charge in [-0.3, -0.25) is 0 Å². The van der Waals surface area contributed by atoms with Crippen molar-refractivity contribution in [1.29, 1.82) is 0 Å². The standard InChI is InChI=1S/C8H17NO5/c1-2-9-3-4(10)6(12)8(14)7(13)5(3)11/h3-14H,2H2,1H3/t3?,4-,5+,6-,7-,8?/m1/s1. The molecule has 6 atom stereocenters. The minimum Gasteiger partial charge on any atom is -0.389 e. The minimum atomic E-state index is -1.52. The maximum absolute atomic E-state index is 9.48. The molecule has 6 nitrogen and oxygen atoms in total. The second-order valence-electron chi connectivity index (χ2n) is 3.54. The average Bonchev–Trinajstić information content (AvgIpc) is 2.19. The maximum atomic E-state index is 9.48. The molecule has 0 radical (unpaired) electrons. The van der Waals surface area contributed by atoms with Crippen molar-refractivity contribution < 1.29 is 25.5 Å². The maximum Gasteiger partial charge on any atom is 0.111 e. The lowest BCUT2D eigenvalue weighted by Gasteiger charge is -2.42. The molecule has 2 unspecified atom stereocenters. The summed E-state index contributed by atoms with van der Waals surface area (Å²) in [5, 5.41) is 49.6. The van der Waals surface area contributed by atoms with Crippen LogP contribution < -0.4 is 5.32 Å². The van der Waals surface area contributed by atoms with Gasteiger partial charge in [0.05, 0.1) is 6.04 Å². The van der Waals surface area contributed by atoms with E-state index in [4.69, 9.17) is 0 Å². The van der Waals surface area contributed by atoms with E-state index >= 15 is 0 Å². The molecular weight excluding hydrogens is 190 g/mol. The molecular formula is C8H17NO5. The molecule has 0 aromatic carbocycles. The summed E-state index contributed by atoms with van der Waals surface area (Å²) in [6.07, 6.45) is -6.99. The van der Waals surface area contributed by atoms with E-state index in [1.165, 1.54) is 0 Å². The van der Waals surface area contributed by atoms with Crippen LogP contribution in [-0.2, 0) is 0 Å². The Kier molecular flexibility index (Phi) is 3.82. The molecule has 14 heavy (non-hydrogen) atoms. The Hall–Kier alpha value is -0.240. The second kappa shape index (κ2) is 4.52. The predicted molar refractivity (Wildman–Crippen MR) is 47.5 cm³/mol. The lowest BCUT2D eigenvalue weighted by molar-refractivity contribution is -0.190. The number of aliphatic hydroxyl groups is 5. The highest BCUT2D eigenvalue weighted by Gasteiger charge is 2.47. The molecule has 0 aliphatic heterocycles. The molecule has 0 bridgehead atoms. The van der Waals surface area contributed by atoms with E-state index in [1.807, 2.05) is 0 Å². The first kappa shape index (κ1) is 11.8. The number of nitrogens with one attached hydrogen (secondary N) is 1. The summed E-state index contributed by atoms with van der Waals surface area (Å²) < 4.78 is 0. The van der Waals surface area contributed by atoms with Gasteiger partial charge in [-0.1, -0.05) is 6.92 Å². The van der Waals surface area contributed by atoms with E-state index in [1.54, 1.807) is 6.92 Å². The third-order valence-electron chi connectivity index (χ3n) is 2.58. The molecule has 84 valence electrons. The van der Waals surface area contributed by atoms with Gasteiger partial charge in [-0.2, -0.15) is 0 Å². The average molecular weight is 207 g/mol. The quantitative estimate of drug-likeness (QED) is 0.284. The van der Waals surface area contributed by atoms with Crippen molar-refractivity contribution in [2.75, 3.05) is 6.54 Å². The summed E-state index contributed by atoms with van der Waals surface area (Å²) in [7, 11) is 0. The monoisotopic (exact) mass is 207 g/mol. The first-order valence-electron chi connectivity index (χ1n) is 4.64. The SMILES string of the molecule is CCNC1[C@@H](O)[C@@H](O)C(O)[C@H](O)[C@H]1O. The number of rotatable bonds is 2. The lowest BCUT2D eigenvalue weighted by atomic mass is 9.83. The van der Waals surface area contributed by atoms with E-state index in [-0.39, 0.29) is 0 Å². The van der Waals surface area contributed by atoms with Gasteiger partial charge in [-0.05, 0) is 6.54 Å². The summed E-state index contributed by atoms with van der Waals surface area (Å²) in [6.45, 7) is 2.25. The van der Waals surface area contributed by atoms with Crippen LogP contribution in [0.4, 0.5) is 0 Å². The van der Waals surface area contributed by atoms with Crippen LogP contribution in [0.15, 0.2) is 0 Å². The van der Waals surface area contributed by atoms with Crippen molar-refractivity contribution in [2.24, 2.45) is 0 Å². The largest absolute Gasteiger partial charge is 0.389 e. The molecule has 1 saturated carbocycles. The Bertz CT molecular complexity index is 175. The van der Waals surface area contributed by atoms with Gasteiger partial charge in [0, 0.05) is 0 Å². The molecule has 0 aromatic heterocycles. The Morgan fingerprint density at radius 2 is 1.14 bits per heavy atom. The highest BCUT2D eigenvalue weighted by molar-refractivity contribution is 5.01. The van der Waals surface area contributed by atoms with Gasteiger partial charge in [-0.25, -0.2) is 0 Å². The summed E-state index contributed by atoms with van der Waals surface area (Å²) in [4.78, 5) is 0. The van der Waals surface area contributed by atoms with Crippen LogP contribution in [0.1, 0.15) is 6.92 Å². The van der Waals surface area contributed by atoms with E-state index in [9.17, 15) is 25.5 Å². The van der Waals surface area contributed by atoms with Gasteiger partial charge in [-0.15, -0.1) is 0 Å². The van der Waals surface area contributed by atoms with E-state index in [0.717, 1.165) is 0 Å². The molecule has 1 rings (SSSR count). The Morgan fingerprint density at radius 1 is 0.786 bits per heavy atom. The van der Waals surface area contributed by atoms with Crippen molar-refractivity contribution in [1.82, 2.24) is 5.32 Å². The van der Waals surface area contributed by atoms with Crippen molar-refractivity contribution >= 4 is 0 Å². The minimum absolute atomic E-state index is 0.480. The van der Waals surface area contributed by atoms with Gasteiger partial charge in [0.1, 0.15) is 30.5 Å². The molecule has 6 heteroatoms. The van der Waals surface area contributed by atoms with Crippen molar-refractivity contribution in [3.8, 4) is 0 Å². The molecule has 6 N–H and O–H groups in total. The zero-order valence-corrected chi connectivity index (χ0v) is 7.91. The highest BCUT2D eigenvalue weighted by atomic mass is 16.4. The van der Waals surface area contributed by atoms with E-state index < -0.39 is 36.6 Å². The van der Waals surface area contributed by atoms with Gasteiger partial charge in [0.15, 0.2) is 0 Å². The molecule has 0 saturated heterocycles. The summed E-state index contributed by atoms with van der Waals surface area (Å²) in [6, 6.07) is -0.826. The first-order valence-corrected chi connectivity index (χ1v) is 4.64. The van der Waals surface area contributed by atoms with Crippen LogP contribution in [0.2, 0.25) is 0 Å². The summed E-state index contributed by atoms with van der Waals surface area (Å²) in [5.74, 6) is 0. The Labute approximate surface area is 81.8 Å². The van der Waals surface area contributed by atoms with Crippen molar-refractivity contribution in [3.63, 3.8) is 0 Å². The summed E-state index contributed by atoms with van der Waals surface area (Å²) >= 11 is 0. The molecule has 1 aliphatic rings. The highest BCUT2D eigenvalue weighted by Crippen LogP contribution is 2.21. The molecule has 1 fully saturated rings. The van der Waals surface area contributed by atoms with E-state index in [0.29, 0.717) is 6.54 Å². The first-order chi connectivity index (χ1) is 6.50. The van der Waals surface area contributed by atoms with Gasteiger partial charge in [0.2, 0.25) is 0 Å². The normalized spacial score (nSPS) is 49.3. The third-order valence-corrected chi connectivity index (χ3v) is 2.58. The van der Waals surface area contributed by atoms with Crippen LogP contribution >= 0.6 is 0 Å². The molecule has 0 amide bonds. The molecule has 1 aliphatic carbocycles. The number of likely N-dealkylation sites (N-methyl/N-ethyl adjacent to an activating group) is 1. The number of aliphatic hydroxyl groups excluding tert-OH is 5. The summed E-state index contributed by atoms with van der Waals surface area (Å²) in [5.41, 5.74) is 0. The van der Waals surface area contributed by atoms with Gasteiger partial charge < -0.3 is 30.8 Å². The van der Waals surface area contributed by atoms with Crippen LogP contribution in [0, 0.1) is 0 Å². The topological polar surface area (TPSA) is 113 Å². The predicted octanol–water partition coefficient (Wildman–Crippen LogP) is -3.22. The third kappa shape index (κ3) is 1.90. The number of hydrogen-bond donors (Lipinski definition) is 6. The zero-order chi connectivity index (χ0) is 10.9.